The molecule has 4 heteroatoms. The number of methoxy groups -OCH3 is 1. The summed E-state index contributed by atoms with van der Waals surface area (Å²) in [5.74, 6) is 0.0763. The van der Waals surface area contributed by atoms with E-state index in [1.807, 2.05) is 13.8 Å². The number of carbonyl (C=O) groups excluding carboxylic acids is 1. The van der Waals surface area contributed by atoms with E-state index in [-0.39, 0.29) is 17.6 Å². The third-order valence-corrected chi connectivity index (χ3v) is 3.37. The standard InChI is InChI=1S/C12H24N2O2/c1-4-8-13-11(15)10(2)14-9-12(16-3)6-5-7-12/h10,14H,4-9H2,1-3H3,(H,13,15). The van der Waals surface area contributed by atoms with E-state index in [0.717, 1.165) is 32.4 Å². The highest BCUT2D eigenvalue weighted by Crippen LogP contribution is 2.34. The fourth-order valence-electron chi connectivity index (χ4n) is 1.86. The van der Waals surface area contributed by atoms with Crippen LogP contribution in [-0.2, 0) is 9.53 Å². The molecule has 1 atom stereocenters. The van der Waals surface area contributed by atoms with Crippen LogP contribution in [0, 0.1) is 0 Å². The minimum Gasteiger partial charge on any atom is -0.377 e. The Hall–Kier alpha value is -0.610. The summed E-state index contributed by atoms with van der Waals surface area (Å²) in [5, 5.41) is 6.13. The largest absolute Gasteiger partial charge is 0.377 e. The maximum atomic E-state index is 11.6. The van der Waals surface area contributed by atoms with Crippen molar-refractivity contribution < 1.29 is 9.53 Å². The van der Waals surface area contributed by atoms with Gasteiger partial charge in [-0.05, 0) is 32.6 Å². The molecule has 0 aromatic heterocycles. The molecule has 0 bridgehead atoms. The lowest BCUT2D eigenvalue weighted by molar-refractivity contribution is -0.123. The molecular formula is C12H24N2O2. The summed E-state index contributed by atoms with van der Waals surface area (Å²) < 4.78 is 5.49. The Bertz CT molecular complexity index is 222. The number of rotatable bonds is 7. The number of hydrogen-bond acceptors (Lipinski definition) is 3. The topological polar surface area (TPSA) is 50.4 Å². The molecule has 0 aliphatic heterocycles. The minimum atomic E-state index is -0.140. The van der Waals surface area contributed by atoms with Crippen molar-refractivity contribution >= 4 is 5.91 Å². The zero-order chi connectivity index (χ0) is 12.0. The predicted octanol–water partition coefficient (Wildman–Crippen LogP) is 1.06. The number of nitrogens with one attached hydrogen (secondary N) is 2. The van der Waals surface area contributed by atoms with E-state index in [1.165, 1.54) is 6.42 Å². The summed E-state index contributed by atoms with van der Waals surface area (Å²) in [4.78, 5) is 11.6. The second-order valence-corrected chi connectivity index (χ2v) is 4.63. The maximum absolute atomic E-state index is 11.6. The monoisotopic (exact) mass is 228 g/mol. The molecule has 0 spiro atoms. The van der Waals surface area contributed by atoms with E-state index in [0.29, 0.717) is 0 Å². The quantitative estimate of drug-likeness (QED) is 0.685. The van der Waals surface area contributed by atoms with Gasteiger partial charge >= 0.3 is 0 Å². The Morgan fingerprint density at radius 3 is 2.62 bits per heavy atom. The Balaban J connectivity index is 2.23. The van der Waals surface area contributed by atoms with Crippen LogP contribution in [0.1, 0.15) is 39.5 Å². The van der Waals surface area contributed by atoms with Crippen molar-refractivity contribution in [3.05, 3.63) is 0 Å². The Morgan fingerprint density at radius 1 is 1.50 bits per heavy atom. The van der Waals surface area contributed by atoms with Gasteiger partial charge in [-0.25, -0.2) is 0 Å². The third-order valence-electron chi connectivity index (χ3n) is 3.37. The molecule has 0 heterocycles. The third kappa shape index (κ3) is 3.46. The van der Waals surface area contributed by atoms with Gasteiger partial charge in [-0.3, -0.25) is 4.79 Å². The first kappa shape index (κ1) is 13.5. The highest BCUT2D eigenvalue weighted by Gasteiger charge is 2.37. The molecule has 94 valence electrons. The molecule has 1 unspecified atom stereocenters. The van der Waals surface area contributed by atoms with Crippen molar-refractivity contribution in [3.63, 3.8) is 0 Å². The van der Waals surface area contributed by atoms with Crippen molar-refractivity contribution in [3.8, 4) is 0 Å². The van der Waals surface area contributed by atoms with Gasteiger partial charge in [0.2, 0.25) is 5.91 Å². The van der Waals surface area contributed by atoms with Gasteiger partial charge in [0.05, 0.1) is 11.6 Å². The van der Waals surface area contributed by atoms with E-state index < -0.39 is 0 Å². The first-order valence-electron chi connectivity index (χ1n) is 6.20. The Labute approximate surface area is 98.1 Å². The number of hydrogen-bond donors (Lipinski definition) is 2. The van der Waals surface area contributed by atoms with Crippen LogP contribution in [0.4, 0.5) is 0 Å². The van der Waals surface area contributed by atoms with Gasteiger partial charge in [0.25, 0.3) is 0 Å². The fraction of sp³-hybridized carbons (Fsp3) is 0.917. The normalized spacial score (nSPS) is 19.9. The van der Waals surface area contributed by atoms with E-state index in [2.05, 4.69) is 10.6 Å². The van der Waals surface area contributed by atoms with Crippen LogP contribution in [0.15, 0.2) is 0 Å². The molecule has 0 aromatic carbocycles. The smallest absolute Gasteiger partial charge is 0.236 e. The molecule has 2 N–H and O–H groups in total. The van der Waals surface area contributed by atoms with Crippen LogP contribution in [0.3, 0.4) is 0 Å². The highest BCUT2D eigenvalue weighted by atomic mass is 16.5. The molecule has 1 rings (SSSR count). The van der Waals surface area contributed by atoms with E-state index in [4.69, 9.17) is 4.74 Å². The second-order valence-electron chi connectivity index (χ2n) is 4.63. The summed E-state index contributed by atoms with van der Waals surface area (Å²) in [6.45, 7) is 5.46. The number of ether oxygens (including phenoxy) is 1. The zero-order valence-electron chi connectivity index (χ0n) is 10.6. The highest BCUT2D eigenvalue weighted by molar-refractivity contribution is 5.81. The number of amides is 1. The van der Waals surface area contributed by atoms with Crippen LogP contribution in [0.5, 0.6) is 0 Å². The molecule has 1 fully saturated rings. The van der Waals surface area contributed by atoms with Gasteiger partial charge in [0, 0.05) is 20.2 Å². The van der Waals surface area contributed by atoms with Crippen molar-refractivity contribution in [2.45, 2.75) is 51.2 Å². The second kappa shape index (κ2) is 6.21. The maximum Gasteiger partial charge on any atom is 0.236 e. The molecular weight excluding hydrogens is 204 g/mol. The molecule has 1 saturated carbocycles. The predicted molar refractivity (Wildman–Crippen MR) is 64.4 cm³/mol. The molecule has 0 radical (unpaired) electrons. The first-order chi connectivity index (χ1) is 7.63. The summed E-state index contributed by atoms with van der Waals surface area (Å²) >= 11 is 0. The van der Waals surface area contributed by atoms with Gasteiger partial charge in [0.1, 0.15) is 0 Å². The molecule has 16 heavy (non-hydrogen) atoms. The zero-order valence-corrected chi connectivity index (χ0v) is 10.6. The van der Waals surface area contributed by atoms with E-state index in [1.54, 1.807) is 7.11 Å². The molecule has 1 amide bonds. The lowest BCUT2D eigenvalue weighted by atomic mass is 9.80. The molecule has 4 nitrogen and oxygen atoms in total. The minimum absolute atomic E-state index is 0.0146. The average molecular weight is 228 g/mol. The van der Waals surface area contributed by atoms with Gasteiger partial charge in [-0.1, -0.05) is 6.92 Å². The number of carbonyl (C=O) groups is 1. The van der Waals surface area contributed by atoms with Crippen LogP contribution >= 0.6 is 0 Å². The van der Waals surface area contributed by atoms with Crippen LogP contribution < -0.4 is 10.6 Å². The summed E-state index contributed by atoms with van der Waals surface area (Å²) in [7, 11) is 1.75. The average Bonchev–Trinajstić information content (AvgIpc) is 2.24. The van der Waals surface area contributed by atoms with Gasteiger partial charge < -0.3 is 15.4 Å². The van der Waals surface area contributed by atoms with E-state index in [9.17, 15) is 4.79 Å². The molecule has 0 aromatic rings. The molecule has 1 aliphatic carbocycles. The van der Waals surface area contributed by atoms with Crippen molar-refractivity contribution in [2.24, 2.45) is 0 Å². The summed E-state index contributed by atoms with van der Waals surface area (Å²) in [6.07, 6.45) is 4.39. The van der Waals surface area contributed by atoms with Gasteiger partial charge in [0.15, 0.2) is 0 Å². The molecule has 1 aliphatic rings. The van der Waals surface area contributed by atoms with Crippen LogP contribution in [0.25, 0.3) is 0 Å². The lowest BCUT2D eigenvalue weighted by Crippen LogP contribution is -2.53. The van der Waals surface area contributed by atoms with Crippen molar-refractivity contribution in [1.29, 1.82) is 0 Å². The van der Waals surface area contributed by atoms with Crippen molar-refractivity contribution in [2.75, 3.05) is 20.2 Å². The van der Waals surface area contributed by atoms with Gasteiger partial charge in [-0.15, -0.1) is 0 Å². The fourth-order valence-corrected chi connectivity index (χ4v) is 1.86. The lowest BCUT2D eigenvalue weighted by Gasteiger charge is -2.41. The SMILES string of the molecule is CCCNC(=O)C(C)NCC1(OC)CCC1. The summed E-state index contributed by atoms with van der Waals surface area (Å²) in [6, 6.07) is -0.140. The Morgan fingerprint density at radius 2 is 2.19 bits per heavy atom. The van der Waals surface area contributed by atoms with E-state index >= 15 is 0 Å². The summed E-state index contributed by atoms with van der Waals surface area (Å²) in [5.41, 5.74) is -0.0146. The van der Waals surface area contributed by atoms with Crippen molar-refractivity contribution in [1.82, 2.24) is 10.6 Å². The first-order valence-corrected chi connectivity index (χ1v) is 6.20. The Kier molecular flexibility index (Phi) is 5.22. The molecule has 0 saturated heterocycles. The van der Waals surface area contributed by atoms with Crippen LogP contribution in [-0.4, -0.2) is 37.7 Å². The van der Waals surface area contributed by atoms with Gasteiger partial charge in [-0.2, -0.15) is 0 Å². The van der Waals surface area contributed by atoms with Crippen LogP contribution in [0.2, 0.25) is 0 Å².